The number of carbonyl (C=O) groups excluding carboxylic acids is 1. The predicted octanol–water partition coefficient (Wildman–Crippen LogP) is 3.31. The molecule has 25 heavy (non-hydrogen) atoms. The first kappa shape index (κ1) is 16.7. The number of carboxylic acid groups (broad SMARTS) is 1. The largest absolute Gasteiger partial charge is 0.492 e. The van der Waals surface area contributed by atoms with Crippen molar-refractivity contribution >= 4 is 17.7 Å². The van der Waals surface area contributed by atoms with Crippen LogP contribution in [-0.4, -0.2) is 23.7 Å². The zero-order valence-electron chi connectivity index (χ0n) is 12.9. The Bertz CT molecular complexity index is 821. The molecule has 1 heterocycles. The molecule has 3 N–H and O–H groups in total. The average Bonchev–Trinajstić information content (AvgIpc) is 2.53. The molecular weight excluding hydrogens is 334 g/mol. The Balaban J connectivity index is 1.90. The minimum absolute atomic E-state index is 0.0314. The van der Waals surface area contributed by atoms with E-state index in [0.29, 0.717) is 18.1 Å². The van der Waals surface area contributed by atoms with Gasteiger partial charge in [0.1, 0.15) is 17.4 Å². The van der Waals surface area contributed by atoms with Gasteiger partial charge in [-0.15, -0.1) is 0 Å². The molecule has 0 aromatic heterocycles. The van der Waals surface area contributed by atoms with Crippen LogP contribution in [0.4, 0.5) is 19.3 Å². The van der Waals surface area contributed by atoms with Crippen LogP contribution in [0.2, 0.25) is 0 Å². The normalized spacial score (nSPS) is 15.7. The van der Waals surface area contributed by atoms with Gasteiger partial charge in [0.15, 0.2) is 0 Å². The van der Waals surface area contributed by atoms with Crippen LogP contribution >= 0.6 is 0 Å². The molecule has 8 heteroatoms. The summed E-state index contributed by atoms with van der Waals surface area (Å²) in [5, 5.41) is 13.7. The highest BCUT2D eigenvalue weighted by Crippen LogP contribution is 2.35. The highest BCUT2D eigenvalue weighted by atomic mass is 19.1. The summed E-state index contributed by atoms with van der Waals surface area (Å²) in [6, 6.07) is 6.93. The van der Waals surface area contributed by atoms with Crippen molar-refractivity contribution in [3.05, 3.63) is 59.2 Å². The number of anilines is 1. The number of ether oxygens (including phenoxy) is 1. The zero-order valence-corrected chi connectivity index (χ0v) is 12.9. The number of fused-ring (bicyclic) bond motifs is 1. The van der Waals surface area contributed by atoms with E-state index in [1.165, 1.54) is 6.07 Å². The molecule has 1 atom stereocenters. The number of halogens is 2. The van der Waals surface area contributed by atoms with Crippen LogP contribution in [0.25, 0.3) is 0 Å². The Labute approximate surface area is 141 Å². The first-order chi connectivity index (χ1) is 11.9. The summed E-state index contributed by atoms with van der Waals surface area (Å²) < 4.78 is 32.0. The van der Waals surface area contributed by atoms with Gasteiger partial charge in [-0.3, -0.25) is 4.79 Å². The second-order valence-corrected chi connectivity index (χ2v) is 5.48. The first-order valence-corrected chi connectivity index (χ1v) is 7.46. The van der Waals surface area contributed by atoms with Crippen LogP contribution in [0.15, 0.2) is 36.4 Å². The van der Waals surface area contributed by atoms with E-state index in [4.69, 9.17) is 9.84 Å². The molecule has 0 saturated heterocycles. The maximum atomic E-state index is 13.2. The van der Waals surface area contributed by atoms with Crippen molar-refractivity contribution in [2.45, 2.75) is 12.5 Å². The number of hydrogen-bond acceptors (Lipinski definition) is 3. The predicted molar refractivity (Wildman–Crippen MR) is 84.8 cm³/mol. The third kappa shape index (κ3) is 3.68. The molecule has 2 aromatic carbocycles. The molecule has 0 aliphatic carbocycles. The van der Waals surface area contributed by atoms with Gasteiger partial charge in [0.25, 0.3) is 5.91 Å². The fraction of sp³-hybridized carbons (Fsp3) is 0.176. The van der Waals surface area contributed by atoms with Crippen molar-refractivity contribution in [3.8, 4) is 5.75 Å². The van der Waals surface area contributed by atoms with Crippen molar-refractivity contribution in [1.82, 2.24) is 5.32 Å². The fourth-order valence-corrected chi connectivity index (χ4v) is 2.73. The van der Waals surface area contributed by atoms with E-state index in [0.717, 1.165) is 12.1 Å². The average molecular weight is 348 g/mol. The van der Waals surface area contributed by atoms with Gasteiger partial charge in [0.05, 0.1) is 18.2 Å². The van der Waals surface area contributed by atoms with E-state index in [2.05, 4.69) is 10.6 Å². The van der Waals surface area contributed by atoms with E-state index in [1.54, 1.807) is 12.1 Å². The quantitative estimate of drug-likeness (QED) is 0.794. The van der Waals surface area contributed by atoms with Crippen molar-refractivity contribution in [2.75, 3.05) is 11.9 Å². The van der Waals surface area contributed by atoms with E-state index in [-0.39, 0.29) is 23.6 Å². The Morgan fingerprint density at radius 1 is 1.16 bits per heavy atom. The molecule has 0 unspecified atom stereocenters. The minimum Gasteiger partial charge on any atom is -0.492 e. The topological polar surface area (TPSA) is 87.7 Å². The smallest absolute Gasteiger partial charge is 0.405 e. The molecule has 2 amide bonds. The number of hydrogen-bond donors (Lipinski definition) is 3. The van der Waals surface area contributed by atoms with Crippen LogP contribution in [-0.2, 0) is 0 Å². The zero-order chi connectivity index (χ0) is 18.0. The van der Waals surface area contributed by atoms with Gasteiger partial charge >= 0.3 is 6.09 Å². The fourth-order valence-electron chi connectivity index (χ4n) is 2.73. The summed E-state index contributed by atoms with van der Waals surface area (Å²) in [6.07, 6.45) is -0.748. The van der Waals surface area contributed by atoms with Gasteiger partial charge in [-0.05, 0) is 18.2 Å². The third-order valence-electron chi connectivity index (χ3n) is 3.74. The lowest BCUT2D eigenvalue weighted by Crippen LogP contribution is -2.31. The lowest BCUT2D eigenvalue weighted by atomic mass is 9.97. The Kier molecular flexibility index (Phi) is 4.51. The maximum absolute atomic E-state index is 13.2. The number of nitrogens with one attached hydrogen (secondary N) is 2. The van der Waals surface area contributed by atoms with Crippen molar-refractivity contribution in [3.63, 3.8) is 0 Å². The summed E-state index contributed by atoms with van der Waals surface area (Å²) in [5.74, 6) is -1.99. The van der Waals surface area contributed by atoms with E-state index >= 15 is 0 Å². The van der Waals surface area contributed by atoms with E-state index in [1.807, 2.05) is 0 Å². The molecule has 0 saturated carbocycles. The van der Waals surface area contributed by atoms with Crippen LogP contribution in [0.5, 0.6) is 5.75 Å². The molecule has 1 aliphatic heterocycles. The van der Waals surface area contributed by atoms with E-state index < -0.39 is 29.7 Å². The van der Waals surface area contributed by atoms with Crippen molar-refractivity contribution in [1.29, 1.82) is 0 Å². The van der Waals surface area contributed by atoms with Gasteiger partial charge in [0, 0.05) is 23.7 Å². The Morgan fingerprint density at radius 2 is 1.88 bits per heavy atom. The van der Waals surface area contributed by atoms with Crippen molar-refractivity contribution in [2.24, 2.45) is 0 Å². The first-order valence-electron chi connectivity index (χ1n) is 7.46. The van der Waals surface area contributed by atoms with Gasteiger partial charge in [-0.2, -0.15) is 0 Å². The lowest BCUT2D eigenvalue weighted by Gasteiger charge is -2.27. The second-order valence-electron chi connectivity index (χ2n) is 5.48. The molecule has 3 rings (SSSR count). The molecule has 0 radical (unpaired) electrons. The molecular formula is C17H14F2N2O4. The minimum atomic E-state index is -1.18. The number of rotatable bonds is 3. The van der Waals surface area contributed by atoms with Gasteiger partial charge in [0.2, 0.25) is 0 Å². The molecule has 1 aliphatic rings. The molecule has 0 spiro atoms. The Morgan fingerprint density at radius 3 is 2.56 bits per heavy atom. The molecule has 130 valence electrons. The number of amides is 2. The SMILES string of the molecule is O=C(O)N[C@H]1CCOc2c(C(=O)Nc3cc(F)cc(F)c3)cccc21. The summed E-state index contributed by atoms with van der Waals surface area (Å²) in [4.78, 5) is 23.4. The lowest BCUT2D eigenvalue weighted by molar-refractivity contribution is 0.102. The summed E-state index contributed by atoms with van der Waals surface area (Å²) in [5.41, 5.74) is 0.655. The van der Waals surface area contributed by atoms with Gasteiger partial charge in [-0.1, -0.05) is 12.1 Å². The summed E-state index contributed by atoms with van der Waals surface area (Å²) in [7, 11) is 0. The second kappa shape index (κ2) is 6.76. The van der Waals surface area contributed by atoms with Crippen LogP contribution < -0.4 is 15.4 Å². The van der Waals surface area contributed by atoms with Crippen LogP contribution in [0, 0.1) is 11.6 Å². The Hall–Kier alpha value is -3.16. The third-order valence-corrected chi connectivity index (χ3v) is 3.74. The van der Waals surface area contributed by atoms with Crippen LogP contribution in [0.1, 0.15) is 28.4 Å². The van der Waals surface area contributed by atoms with E-state index in [9.17, 15) is 18.4 Å². The van der Waals surface area contributed by atoms with Crippen LogP contribution in [0.3, 0.4) is 0 Å². The number of para-hydroxylation sites is 1. The highest BCUT2D eigenvalue weighted by molar-refractivity contribution is 6.06. The highest BCUT2D eigenvalue weighted by Gasteiger charge is 2.27. The number of benzene rings is 2. The summed E-state index contributed by atoms with van der Waals surface area (Å²) in [6.45, 7) is 0.233. The molecule has 0 fully saturated rings. The van der Waals surface area contributed by atoms with Crippen molar-refractivity contribution < 1.29 is 28.2 Å². The van der Waals surface area contributed by atoms with Gasteiger partial charge in [-0.25, -0.2) is 13.6 Å². The number of carbonyl (C=O) groups is 2. The summed E-state index contributed by atoms with van der Waals surface area (Å²) >= 11 is 0. The molecule has 6 nitrogen and oxygen atoms in total. The monoisotopic (exact) mass is 348 g/mol. The standard InChI is InChI=1S/C17H14F2N2O4/c18-9-6-10(19)8-11(7-9)20-16(22)13-3-1-2-12-14(21-17(23)24)4-5-25-15(12)13/h1-3,6-8,14,21H,4-5H2,(H,20,22)(H,23,24)/t14-/m0/s1. The molecule has 0 bridgehead atoms. The molecule has 2 aromatic rings. The van der Waals surface area contributed by atoms with Gasteiger partial charge < -0.3 is 20.5 Å². The maximum Gasteiger partial charge on any atom is 0.405 e.